The van der Waals surface area contributed by atoms with Crippen LogP contribution >= 0.6 is 0 Å². The topological polar surface area (TPSA) is 38.3 Å². The Hall–Kier alpha value is -1.57. The van der Waals surface area contributed by atoms with Crippen LogP contribution in [0.2, 0.25) is 0 Å². The molecule has 1 aliphatic rings. The Kier molecular flexibility index (Phi) is 3.62. The van der Waals surface area contributed by atoms with E-state index in [2.05, 4.69) is 17.4 Å². The molecule has 1 aromatic carbocycles. The Morgan fingerprint density at radius 2 is 2.18 bits per heavy atom. The summed E-state index contributed by atoms with van der Waals surface area (Å²) in [6.07, 6.45) is 1.45. The molecule has 0 bridgehead atoms. The molecule has 0 amide bonds. The van der Waals surface area contributed by atoms with Gasteiger partial charge in [0, 0.05) is 19.6 Å². The van der Waals surface area contributed by atoms with Crippen molar-refractivity contribution in [1.82, 2.24) is 5.32 Å². The van der Waals surface area contributed by atoms with Gasteiger partial charge in [-0.3, -0.25) is 0 Å². The van der Waals surface area contributed by atoms with Gasteiger partial charge >= 0.3 is 0 Å². The molecule has 17 heavy (non-hydrogen) atoms. The number of carbonyl (C=O) groups excluding carboxylic acids is 1. The minimum Gasteiger partial charge on any atom is -0.379 e. The van der Waals surface area contributed by atoms with Crippen molar-refractivity contribution in [2.45, 2.75) is 25.4 Å². The summed E-state index contributed by atoms with van der Waals surface area (Å²) in [7, 11) is 0. The Labute approximate surface area is 101 Å². The number of benzene rings is 1. The van der Waals surface area contributed by atoms with Crippen LogP contribution in [0.4, 0.5) is 0 Å². The second-order valence-corrected chi connectivity index (χ2v) is 4.23. The van der Waals surface area contributed by atoms with Gasteiger partial charge in [-0.1, -0.05) is 30.3 Å². The van der Waals surface area contributed by atoms with Crippen molar-refractivity contribution in [1.29, 1.82) is 0 Å². The zero-order valence-electron chi connectivity index (χ0n) is 10.0. The molecule has 1 saturated heterocycles. The summed E-state index contributed by atoms with van der Waals surface area (Å²) in [6.45, 7) is 3.37. The third-order valence-electron chi connectivity index (χ3n) is 3.17. The molecule has 1 heterocycles. The van der Waals surface area contributed by atoms with Gasteiger partial charge in [0.15, 0.2) is 0 Å². The second-order valence-electron chi connectivity index (χ2n) is 4.23. The minimum atomic E-state index is -0.367. The Balaban J connectivity index is 2.35. The largest absolute Gasteiger partial charge is 0.379 e. The highest BCUT2D eigenvalue weighted by atomic mass is 16.5. The summed E-state index contributed by atoms with van der Waals surface area (Å²) in [4.78, 5) is 10.8. The molecule has 1 fully saturated rings. The lowest BCUT2D eigenvalue weighted by Gasteiger charge is -2.38. The quantitative estimate of drug-likeness (QED) is 0.809. The summed E-state index contributed by atoms with van der Waals surface area (Å²) in [5.41, 5.74) is 1.37. The molecule has 0 aliphatic carbocycles. The lowest BCUT2D eigenvalue weighted by Crippen LogP contribution is -2.41. The maximum Gasteiger partial charge on any atom is 0.145 e. The van der Waals surface area contributed by atoms with E-state index in [1.807, 2.05) is 31.1 Å². The van der Waals surface area contributed by atoms with E-state index >= 15 is 0 Å². The molecular formula is C14H17NO2. The average Bonchev–Trinajstić information content (AvgIpc) is 2.40. The summed E-state index contributed by atoms with van der Waals surface area (Å²) in [6, 6.07) is 10.1. The van der Waals surface area contributed by atoms with E-state index in [0.29, 0.717) is 18.7 Å². The molecule has 3 nitrogen and oxygen atoms in total. The van der Waals surface area contributed by atoms with Crippen LogP contribution in [0, 0.1) is 0 Å². The number of hydrogen-bond acceptors (Lipinski definition) is 3. The zero-order valence-corrected chi connectivity index (χ0v) is 10.0. The van der Waals surface area contributed by atoms with Crippen LogP contribution < -0.4 is 5.32 Å². The fraction of sp³-hybridized carbons (Fsp3) is 0.429. The van der Waals surface area contributed by atoms with Crippen LogP contribution in [0.3, 0.4) is 0 Å². The van der Waals surface area contributed by atoms with Crippen molar-refractivity contribution in [2.24, 2.45) is 0 Å². The Bertz CT molecular complexity index is 419. The molecule has 1 N–H and O–H groups in total. The standard InChI is InChI=1S/C14H17NO2/c1-2-17-14(12-6-4-3-5-7-12)8-9-15-13(10-14)11-16/h3-7,15H,2,8-10H2,1H3. The lowest BCUT2D eigenvalue weighted by atomic mass is 9.83. The molecule has 2 rings (SSSR count). The van der Waals surface area contributed by atoms with E-state index in [9.17, 15) is 4.79 Å². The Morgan fingerprint density at radius 1 is 1.41 bits per heavy atom. The first-order valence-corrected chi connectivity index (χ1v) is 5.98. The van der Waals surface area contributed by atoms with Gasteiger partial charge in [0.05, 0.1) is 5.70 Å². The predicted molar refractivity (Wildman–Crippen MR) is 66.2 cm³/mol. The molecule has 1 unspecified atom stereocenters. The summed E-state index contributed by atoms with van der Waals surface area (Å²) < 4.78 is 5.95. The number of nitrogens with one attached hydrogen (secondary N) is 1. The van der Waals surface area contributed by atoms with E-state index in [1.165, 1.54) is 0 Å². The second kappa shape index (κ2) is 5.17. The van der Waals surface area contributed by atoms with E-state index in [4.69, 9.17) is 4.74 Å². The van der Waals surface area contributed by atoms with Crippen molar-refractivity contribution in [3.8, 4) is 0 Å². The van der Waals surface area contributed by atoms with Gasteiger partial charge in [-0.25, -0.2) is 4.79 Å². The van der Waals surface area contributed by atoms with E-state index in [1.54, 1.807) is 0 Å². The van der Waals surface area contributed by atoms with Crippen molar-refractivity contribution in [2.75, 3.05) is 13.2 Å². The number of ether oxygens (including phenoxy) is 1. The van der Waals surface area contributed by atoms with Crippen molar-refractivity contribution < 1.29 is 9.53 Å². The maximum absolute atomic E-state index is 10.8. The van der Waals surface area contributed by atoms with E-state index in [-0.39, 0.29) is 5.60 Å². The number of rotatable bonds is 3. The smallest absolute Gasteiger partial charge is 0.145 e. The molecule has 0 radical (unpaired) electrons. The minimum absolute atomic E-state index is 0.367. The summed E-state index contributed by atoms with van der Waals surface area (Å²) >= 11 is 0. The molecule has 1 aliphatic heterocycles. The highest BCUT2D eigenvalue weighted by molar-refractivity contribution is 5.53. The number of piperidine rings is 1. The molecule has 0 aromatic heterocycles. The first-order valence-electron chi connectivity index (χ1n) is 5.98. The molecule has 0 spiro atoms. The first-order chi connectivity index (χ1) is 8.30. The van der Waals surface area contributed by atoms with Crippen molar-refractivity contribution in [3.05, 3.63) is 41.6 Å². The van der Waals surface area contributed by atoms with Gasteiger partial charge in [0.2, 0.25) is 0 Å². The predicted octanol–water partition coefficient (Wildman–Crippen LogP) is 2.02. The number of hydrogen-bond donors (Lipinski definition) is 1. The third kappa shape index (κ3) is 2.41. The van der Waals surface area contributed by atoms with Gasteiger partial charge in [-0.15, -0.1) is 0 Å². The van der Waals surface area contributed by atoms with Gasteiger partial charge in [-0.05, 0) is 18.9 Å². The third-order valence-corrected chi connectivity index (χ3v) is 3.17. The zero-order chi connectivity index (χ0) is 12.1. The fourth-order valence-electron chi connectivity index (χ4n) is 2.40. The SMILES string of the molecule is CCOC1(c2ccccc2)CCNC(=C=O)C1. The van der Waals surface area contributed by atoms with Crippen LogP contribution in [-0.4, -0.2) is 19.1 Å². The van der Waals surface area contributed by atoms with Crippen LogP contribution in [0.1, 0.15) is 25.3 Å². The van der Waals surface area contributed by atoms with Crippen LogP contribution in [-0.2, 0) is 15.1 Å². The van der Waals surface area contributed by atoms with Gasteiger partial charge in [-0.2, -0.15) is 0 Å². The summed E-state index contributed by atoms with van der Waals surface area (Å²) in [5, 5.41) is 3.06. The van der Waals surface area contributed by atoms with E-state index in [0.717, 1.165) is 18.5 Å². The molecule has 90 valence electrons. The lowest BCUT2D eigenvalue weighted by molar-refractivity contribution is -0.0576. The molecule has 0 saturated carbocycles. The van der Waals surface area contributed by atoms with Gasteiger partial charge in [0.1, 0.15) is 11.5 Å². The van der Waals surface area contributed by atoms with Gasteiger partial charge < -0.3 is 10.1 Å². The van der Waals surface area contributed by atoms with Gasteiger partial charge in [0.25, 0.3) is 0 Å². The summed E-state index contributed by atoms with van der Waals surface area (Å²) in [5.74, 6) is 1.96. The van der Waals surface area contributed by atoms with Crippen LogP contribution in [0.15, 0.2) is 36.0 Å². The van der Waals surface area contributed by atoms with Crippen LogP contribution in [0.5, 0.6) is 0 Å². The normalized spacial score (nSPS) is 23.9. The van der Waals surface area contributed by atoms with Crippen LogP contribution in [0.25, 0.3) is 0 Å². The van der Waals surface area contributed by atoms with Crippen molar-refractivity contribution in [3.63, 3.8) is 0 Å². The fourth-order valence-corrected chi connectivity index (χ4v) is 2.40. The highest BCUT2D eigenvalue weighted by Gasteiger charge is 2.36. The first kappa shape index (κ1) is 11.9. The highest BCUT2D eigenvalue weighted by Crippen LogP contribution is 2.37. The monoisotopic (exact) mass is 231 g/mol. The Morgan fingerprint density at radius 3 is 2.82 bits per heavy atom. The molecule has 1 atom stereocenters. The van der Waals surface area contributed by atoms with Crippen molar-refractivity contribution >= 4 is 5.94 Å². The van der Waals surface area contributed by atoms with E-state index < -0.39 is 0 Å². The molecule has 1 aromatic rings. The average molecular weight is 231 g/mol. The maximum atomic E-state index is 10.8. The molecular weight excluding hydrogens is 214 g/mol. The molecule has 3 heteroatoms.